The van der Waals surface area contributed by atoms with Gasteiger partial charge in [0.1, 0.15) is 11.3 Å². The fourth-order valence-electron chi connectivity index (χ4n) is 1.63. The summed E-state index contributed by atoms with van der Waals surface area (Å²) in [7, 11) is 2.04. The number of hydrogen-bond acceptors (Lipinski definition) is 2. The molecule has 2 aromatic rings. The van der Waals surface area contributed by atoms with E-state index in [0.717, 1.165) is 17.0 Å². The molecule has 0 saturated carbocycles. The fourth-order valence-corrected chi connectivity index (χ4v) is 1.63. The van der Waals surface area contributed by atoms with Crippen LogP contribution in [-0.2, 0) is 7.05 Å². The Bertz CT molecular complexity index is 468. The lowest BCUT2D eigenvalue weighted by Gasteiger charge is -2.00. The van der Waals surface area contributed by atoms with Crippen LogP contribution in [0, 0.1) is 20.8 Å². The first-order valence-corrected chi connectivity index (χ1v) is 4.36. The molecule has 68 valence electrons. The van der Waals surface area contributed by atoms with Gasteiger partial charge in [-0.05, 0) is 26.3 Å². The molecule has 3 nitrogen and oxygen atoms in total. The molecule has 3 heteroatoms. The monoisotopic (exact) mass is 175 g/mol. The minimum Gasteiger partial charge on any atom is -0.331 e. The van der Waals surface area contributed by atoms with Gasteiger partial charge >= 0.3 is 0 Å². The summed E-state index contributed by atoms with van der Waals surface area (Å²) in [5.74, 6) is 1.04. The average Bonchev–Trinajstić information content (AvgIpc) is 2.38. The third kappa shape index (κ3) is 1.03. The summed E-state index contributed by atoms with van der Waals surface area (Å²) in [5.41, 5.74) is 4.41. The van der Waals surface area contributed by atoms with Crippen molar-refractivity contribution < 1.29 is 0 Å². The SMILES string of the molecule is Cc1ncc(C)c2c1nc(C)n2C. The van der Waals surface area contributed by atoms with Crippen LogP contribution in [0.1, 0.15) is 17.1 Å². The van der Waals surface area contributed by atoms with Crippen LogP contribution in [0.5, 0.6) is 0 Å². The first-order valence-electron chi connectivity index (χ1n) is 4.36. The molecule has 0 fully saturated rings. The molecule has 0 bridgehead atoms. The van der Waals surface area contributed by atoms with Crippen molar-refractivity contribution in [3.8, 4) is 0 Å². The van der Waals surface area contributed by atoms with Gasteiger partial charge in [0.05, 0.1) is 11.2 Å². The molecular weight excluding hydrogens is 162 g/mol. The van der Waals surface area contributed by atoms with Gasteiger partial charge in [-0.25, -0.2) is 4.98 Å². The molecule has 0 atom stereocenters. The van der Waals surface area contributed by atoms with E-state index in [1.54, 1.807) is 0 Å². The van der Waals surface area contributed by atoms with Crippen molar-refractivity contribution in [2.75, 3.05) is 0 Å². The predicted molar refractivity (Wildman–Crippen MR) is 52.7 cm³/mol. The normalized spacial score (nSPS) is 11.1. The Morgan fingerprint density at radius 2 is 1.92 bits per heavy atom. The quantitative estimate of drug-likeness (QED) is 0.612. The van der Waals surface area contributed by atoms with E-state index in [2.05, 4.69) is 21.5 Å². The van der Waals surface area contributed by atoms with Gasteiger partial charge in [-0.15, -0.1) is 0 Å². The number of nitrogens with zero attached hydrogens (tertiary/aromatic N) is 3. The van der Waals surface area contributed by atoms with Gasteiger partial charge in [-0.2, -0.15) is 0 Å². The van der Waals surface area contributed by atoms with E-state index in [9.17, 15) is 0 Å². The number of aromatic nitrogens is 3. The number of rotatable bonds is 0. The summed E-state index contributed by atoms with van der Waals surface area (Å²) in [5, 5.41) is 0. The van der Waals surface area contributed by atoms with Crippen molar-refractivity contribution in [2.24, 2.45) is 7.05 Å². The van der Waals surface area contributed by atoms with Crippen LogP contribution in [-0.4, -0.2) is 14.5 Å². The van der Waals surface area contributed by atoms with Crippen molar-refractivity contribution in [3.05, 3.63) is 23.3 Å². The molecule has 0 spiro atoms. The molecule has 0 radical (unpaired) electrons. The van der Waals surface area contributed by atoms with Crippen molar-refractivity contribution in [3.63, 3.8) is 0 Å². The Morgan fingerprint density at radius 1 is 1.23 bits per heavy atom. The summed E-state index contributed by atoms with van der Waals surface area (Å²) in [6, 6.07) is 0. The Labute approximate surface area is 77.4 Å². The molecule has 2 rings (SSSR count). The second kappa shape index (κ2) is 2.55. The molecule has 2 heterocycles. The zero-order valence-electron chi connectivity index (χ0n) is 8.42. The summed E-state index contributed by atoms with van der Waals surface area (Å²) in [4.78, 5) is 8.76. The average molecular weight is 175 g/mol. The topological polar surface area (TPSA) is 30.7 Å². The number of fused-ring (bicyclic) bond motifs is 1. The van der Waals surface area contributed by atoms with Gasteiger partial charge in [0, 0.05) is 13.2 Å². The highest BCUT2D eigenvalue weighted by Crippen LogP contribution is 2.19. The van der Waals surface area contributed by atoms with Crippen LogP contribution in [0.25, 0.3) is 11.0 Å². The number of hydrogen-bond donors (Lipinski definition) is 0. The molecule has 0 amide bonds. The van der Waals surface area contributed by atoms with E-state index < -0.39 is 0 Å². The zero-order chi connectivity index (χ0) is 9.59. The summed E-state index contributed by atoms with van der Waals surface area (Å²) < 4.78 is 2.11. The molecule has 0 aromatic carbocycles. The molecule has 0 saturated heterocycles. The third-order valence-electron chi connectivity index (χ3n) is 2.49. The Kier molecular flexibility index (Phi) is 1.62. The minimum atomic E-state index is 1.00. The predicted octanol–water partition coefficient (Wildman–Crippen LogP) is 1.89. The largest absolute Gasteiger partial charge is 0.331 e. The second-order valence-electron chi connectivity index (χ2n) is 3.44. The number of imidazole rings is 1. The van der Waals surface area contributed by atoms with E-state index in [-0.39, 0.29) is 0 Å². The molecule has 2 aromatic heterocycles. The van der Waals surface area contributed by atoms with E-state index in [1.165, 1.54) is 11.1 Å². The van der Waals surface area contributed by atoms with Crippen molar-refractivity contribution >= 4 is 11.0 Å². The molecular formula is C10H13N3. The number of aryl methyl sites for hydroxylation is 4. The minimum absolute atomic E-state index is 1.00. The highest BCUT2D eigenvalue weighted by Gasteiger charge is 2.09. The maximum Gasteiger partial charge on any atom is 0.110 e. The smallest absolute Gasteiger partial charge is 0.110 e. The molecule has 0 N–H and O–H groups in total. The van der Waals surface area contributed by atoms with Crippen LogP contribution in [0.2, 0.25) is 0 Å². The lowest BCUT2D eigenvalue weighted by atomic mass is 10.2. The van der Waals surface area contributed by atoms with Crippen LogP contribution in [0.4, 0.5) is 0 Å². The van der Waals surface area contributed by atoms with Gasteiger partial charge in [-0.3, -0.25) is 4.98 Å². The van der Waals surface area contributed by atoms with Crippen LogP contribution < -0.4 is 0 Å². The van der Waals surface area contributed by atoms with E-state index in [4.69, 9.17) is 0 Å². The van der Waals surface area contributed by atoms with Gasteiger partial charge in [0.2, 0.25) is 0 Å². The lowest BCUT2D eigenvalue weighted by molar-refractivity contribution is 0.883. The summed E-state index contributed by atoms with van der Waals surface area (Å²) in [6.45, 7) is 6.07. The number of pyridine rings is 1. The molecule has 0 aliphatic rings. The summed E-state index contributed by atoms with van der Waals surface area (Å²) >= 11 is 0. The lowest BCUT2D eigenvalue weighted by Crippen LogP contribution is -1.93. The van der Waals surface area contributed by atoms with E-state index in [1.807, 2.05) is 27.1 Å². The van der Waals surface area contributed by atoms with E-state index in [0.29, 0.717) is 0 Å². The fraction of sp³-hybridized carbons (Fsp3) is 0.400. The van der Waals surface area contributed by atoms with Crippen LogP contribution in [0.3, 0.4) is 0 Å². The van der Waals surface area contributed by atoms with Crippen molar-refractivity contribution in [1.29, 1.82) is 0 Å². The van der Waals surface area contributed by atoms with Crippen molar-refractivity contribution in [1.82, 2.24) is 14.5 Å². The zero-order valence-corrected chi connectivity index (χ0v) is 8.42. The van der Waals surface area contributed by atoms with Gasteiger partial charge in [0.25, 0.3) is 0 Å². The Balaban J connectivity index is 3.00. The van der Waals surface area contributed by atoms with Gasteiger partial charge in [-0.1, -0.05) is 0 Å². The first kappa shape index (κ1) is 8.23. The van der Waals surface area contributed by atoms with Gasteiger partial charge < -0.3 is 4.57 Å². The third-order valence-corrected chi connectivity index (χ3v) is 2.49. The van der Waals surface area contributed by atoms with Crippen molar-refractivity contribution in [2.45, 2.75) is 20.8 Å². The van der Waals surface area contributed by atoms with E-state index >= 15 is 0 Å². The Morgan fingerprint density at radius 3 is 2.54 bits per heavy atom. The Hall–Kier alpha value is -1.38. The van der Waals surface area contributed by atoms with Crippen LogP contribution in [0.15, 0.2) is 6.20 Å². The standard InChI is InChI=1S/C10H13N3/c1-6-5-11-7(2)9-10(6)13(4)8(3)12-9/h5H,1-4H3. The molecule has 0 unspecified atom stereocenters. The van der Waals surface area contributed by atoms with Gasteiger partial charge in [0.15, 0.2) is 0 Å². The highest BCUT2D eigenvalue weighted by atomic mass is 15.1. The highest BCUT2D eigenvalue weighted by molar-refractivity contribution is 5.80. The first-order chi connectivity index (χ1) is 6.11. The second-order valence-corrected chi connectivity index (χ2v) is 3.44. The summed E-state index contributed by atoms with van der Waals surface area (Å²) in [6.07, 6.45) is 1.90. The molecule has 0 aliphatic carbocycles. The molecule has 13 heavy (non-hydrogen) atoms. The molecule has 0 aliphatic heterocycles. The maximum atomic E-state index is 4.47. The maximum absolute atomic E-state index is 4.47. The van der Waals surface area contributed by atoms with Crippen LogP contribution >= 0.6 is 0 Å².